The Kier molecular flexibility index (Phi) is 1.65. The highest BCUT2D eigenvalue weighted by Crippen LogP contribution is 2.18. The van der Waals surface area contributed by atoms with Crippen molar-refractivity contribution in [3.8, 4) is 0 Å². The summed E-state index contributed by atoms with van der Waals surface area (Å²) in [5, 5.41) is 0. The summed E-state index contributed by atoms with van der Waals surface area (Å²) >= 11 is 0. The van der Waals surface area contributed by atoms with E-state index in [4.69, 9.17) is 15.2 Å². The highest BCUT2D eigenvalue weighted by molar-refractivity contribution is 5.34. The molecule has 2 rings (SSSR count). The van der Waals surface area contributed by atoms with Gasteiger partial charge in [-0.2, -0.15) is 0 Å². The van der Waals surface area contributed by atoms with Gasteiger partial charge in [-0.3, -0.25) is 0 Å². The predicted octanol–water partition coefficient (Wildman–Crippen LogP) is 0.812. The molecular formula is C9H9NO2. The smallest absolute Gasteiger partial charge is 0.169 e. The topological polar surface area (TPSA) is 44.5 Å². The Morgan fingerprint density at radius 2 is 1.92 bits per heavy atom. The first-order valence-electron chi connectivity index (χ1n) is 3.76. The third kappa shape index (κ3) is 1.22. The lowest BCUT2D eigenvalue weighted by atomic mass is 10.3. The van der Waals surface area contributed by atoms with Gasteiger partial charge in [-0.1, -0.05) is 0 Å². The van der Waals surface area contributed by atoms with Gasteiger partial charge in [0.2, 0.25) is 0 Å². The fraction of sp³-hybridized carbons (Fsp3) is 0.222. The van der Waals surface area contributed by atoms with Crippen LogP contribution in [0.5, 0.6) is 0 Å². The largest absolute Gasteiger partial charge is 0.486 e. The number of hydrogen-bond donors (Lipinski definition) is 1. The fourth-order valence-electron chi connectivity index (χ4n) is 1.08. The van der Waals surface area contributed by atoms with Crippen molar-refractivity contribution in [3.05, 3.63) is 41.2 Å². The molecule has 0 saturated heterocycles. The van der Waals surface area contributed by atoms with Crippen LogP contribution in [0.1, 0.15) is 0 Å². The van der Waals surface area contributed by atoms with Gasteiger partial charge in [0.05, 0.1) is 0 Å². The maximum absolute atomic E-state index is 5.60. The molecule has 1 heterocycles. The molecule has 1 aliphatic heterocycles. The van der Waals surface area contributed by atoms with E-state index in [1.165, 1.54) is 0 Å². The molecule has 0 bridgehead atoms. The van der Waals surface area contributed by atoms with E-state index in [0.29, 0.717) is 30.4 Å². The predicted molar refractivity (Wildman–Crippen MR) is 43.9 cm³/mol. The van der Waals surface area contributed by atoms with E-state index in [0.717, 1.165) is 0 Å². The van der Waals surface area contributed by atoms with E-state index in [2.05, 4.69) is 5.73 Å². The molecule has 12 heavy (non-hydrogen) atoms. The summed E-state index contributed by atoms with van der Waals surface area (Å²) in [5.41, 5.74) is 9.11. The average Bonchev–Trinajstić information content (AvgIpc) is 2.25. The molecule has 3 nitrogen and oxygen atoms in total. The van der Waals surface area contributed by atoms with Crippen molar-refractivity contribution in [3.63, 3.8) is 0 Å². The molecule has 0 aromatic heterocycles. The highest BCUT2D eigenvalue weighted by Gasteiger charge is 2.12. The van der Waals surface area contributed by atoms with Gasteiger partial charge in [-0.05, 0) is 0 Å². The summed E-state index contributed by atoms with van der Waals surface area (Å²) in [4.78, 5) is 0. The van der Waals surface area contributed by atoms with Crippen molar-refractivity contribution in [2.45, 2.75) is 0 Å². The number of rotatable bonds is 0. The van der Waals surface area contributed by atoms with Gasteiger partial charge in [-0.15, -0.1) is 5.73 Å². The lowest BCUT2D eigenvalue weighted by Crippen LogP contribution is -2.12. The van der Waals surface area contributed by atoms with Crippen molar-refractivity contribution >= 4 is 0 Å². The van der Waals surface area contributed by atoms with E-state index < -0.39 is 0 Å². The maximum atomic E-state index is 5.60. The van der Waals surface area contributed by atoms with Crippen molar-refractivity contribution in [1.82, 2.24) is 0 Å². The molecule has 0 atom stereocenters. The molecule has 0 unspecified atom stereocenters. The van der Waals surface area contributed by atoms with Crippen molar-refractivity contribution in [2.75, 3.05) is 13.2 Å². The minimum atomic E-state index is 0.580. The summed E-state index contributed by atoms with van der Waals surface area (Å²) in [6, 6.07) is 0. The van der Waals surface area contributed by atoms with Crippen LogP contribution in [0.3, 0.4) is 0 Å². The third-order valence-corrected chi connectivity index (χ3v) is 1.60. The number of ether oxygens (including phenoxy) is 2. The normalized spacial score (nSPS) is 20.5. The van der Waals surface area contributed by atoms with Crippen LogP contribution in [-0.4, -0.2) is 13.2 Å². The SMILES string of the molecule is NC1=CC2=C(C=C=C1)OCCO2. The molecule has 2 N–H and O–H groups in total. The average molecular weight is 163 g/mol. The first-order valence-corrected chi connectivity index (χ1v) is 3.76. The van der Waals surface area contributed by atoms with E-state index in [1.807, 2.05) is 0 Å². The lowest BCUT2D eigenvalue weighted by Gasteiger charge is -2.17. The monoisotopic (exact) mass is 163 g/mol. The minimum Gasteiger partial charge on any atom is -0.486 e. The van der Waals surface area contributed by atoms with Crippen molar-refractivity contribution in [2.24, 2.45) is 5.73 Å². The van der Waals surface area contributed by atoms with Gasteiger partial charge in [0.1, 0.15) is 13.2 Å². The molecular weight excluding hydrogens is 154 g/mol. The van der Waals surface area contributed by atoms with Crippen LogP contribution < -0.4 is 5.73 Å². The summed E-state index contributed by atoms with van der Waals surface area (Å²) in [6.45, 7) is 1.17. The first-order chi connectivity index (χ1) is 5.86. The van der Waals surface area contributed by atoms with Gasteiger partial charge < -0.3 is 15.2 Å². The van der Waals surface area contributed by atoms with Gasteiger partial charge in [0.15, 0.2) is 11.5 Å². The van der Waals surface area contributed by atoms with Crippen molar-refractivity contribution < 1.29 is 9.47 Å². The Morgan fingerprint density at radius 3 is 2.75 bits per heavy atom. The van der Waals surface area contributed by atoms with Crippen molar-refractivity contribution in [1.29, 1.82) is 0 Å². The summed E-state index contributed by atoms with van der Waals surface area (Å²) < 4.78 is 10.7. The molecule has 0 aromatic carbocycles. The van der Waals surface area contributed by atoms with Crippen LogP contribution in [0.4, 0.5) is 0 Å². The molecule has 62 valence electrons. The molecule has 0 saturated carbocycles. The Bertz CT molecular complexity index is 319. The molecule has 2 aliphatic rings. The number of hydrogen-bond acceptors (Lipinski definition) is 3. The zero-order valence-corrected chi connectivity index (χ0v) is 6.54. The van der Waals surface area contributed by atoms with Crippen LogP contribution in [0.2, 0.25) is 0 Å². The minimum absolute atomic E-state index is 0.580. The quantitative estimate of drug-likeness (QED) is 0.537. The Labute approximate surface area is 70.5 Å². The fourth-order valence-corrected chi connectivity index (χ4v) is 1.08. The molecule has 3 heteroatoms. The van der Waals surface area contributed by atoms with E-state index in [1.54, 1.807) is 18.2 Å². The highest BCUT2D eigenvalue weighted by atomic mass is 16.6. The molecule has 0 fully saturated rings. The molecule has 0 spiro atoms. The van der Waals surface area contributed by atoms with Crippen LogP contribution in [0.25, 0.3) is 0 Å². The van der Waals surface area contributed by atoms with E-state index in [9.17, 15) is 0 Å². The van der Waals surface area contributed by atoms with Crippen LogP contribution in [-0.2, 0) is 9.47 Å². The Hall–Kier alpha value is -1.60. The second-order valence-corrected chi connectivity index (χ2v) is 2.53. The van der Waals surface area contributed by atoms with Gasteiger partial charge in [0.25, 0.3) is 0 Å². The molecule has 0 amide bonds. The molecule has 0 radical (unpaired) electrons. The number of allylic oxidation sites excluding steroid dienone is 3. The van der Waals surface area contributed by atoms with E-state index >= 15 is 0 Å². The maximum Gasteiger partial charge on any atom is 0.169 e. The summed E-state index contributed by atoms with van der Waals surface area (Å²) in [6.07, 6.45) is 5.15. The van der Waals surface area contributed by atoms with E-state index in [-0.39, 0.29) is 0 Å². The number of nitrogens with two attached hydrogens (primary N) is 1. The van der Waals surface area contributed by atoms with Crippen LogP contribution in [0, 0.1) is 0 Å². The summed E-state index contributed by atoms with van der Waals surface area (Å²) in [7, 11) is 0. The van der Waals surface area contributed by atoms with Crippen LogP contribution >= 0.6 is 0 Å². The zero-order chi connectivity index (χ0) is 8.39. The third-order valence-electron chi connectivity index (χ3n) is 1.60. The Balaban J connectivity index is 2.42. The van der Waals surface area contributed by atoms with Gasteiger partial charge in [-0.25, -0.2) is 0 Å². The molecule has 1 aliphatic carbocycles. The van der Waals surface area contributed by atoms with Gasteiger partial charge in [0, 0.05) is 23.9 Å². The van der Waals surface area contributed by atoms with Gasteiger partial charge >= 0.3 is 0 Å². The second-order valence-electron chi connectivity index (χ2n) is 2.53. The van der Waals surface area contributed by atoms with Crippen LogP contribution in [0.15, 0.2) is 41.2 Å². The Morgan fingerprint density at radius 1 is 1.17 bits per heavy atom. The molecule has 0 aromatic rings. The first kappa shape index (κ1) is 7.07. The lowest BCUT2D eigenvalue weighted by molar-refractivity contribution is 0.0769. The zero-order valence-electron chi connectivity index (χ0n) is 6.54. The standard InChI is InChI=1S/C9H9NO2/c10-7-2-1-3-8-9(6-7)12-5-4-11-8/h2-3,6H,4-5,10H2. The summed E-state index contributed by atoms with van der Waals surface area (Å²) in [5.74, 6) is 1.40. The second kappa shape index (κ2) is 2.80.